The molecule has 4 heterocycles. The van der Waals surface area contributed by atoms with E-state index in [1.807, 2.05) is 11.3 Å². The first-order valence-corrected chi connectivity index (χ1v) is 25.4. The van der Waals surface area contributed by atoms with Crippen LogP contribution in [0.5, 0.6) is 0 Å². The van der Waals surface area contributed by atoms with Crippen LogP contribution in [-0.4, -0.2) is 11.8 Å². The van der Waals surface area contributed by atoms with E-state index in [0.717, 1.165) is 39.7 Å². The van der Waals surface area contributed by atoms with Crippen LogP contribution in [-0.2, 0) is 21.7 Å². The summed E-state index contributed by atoms with van der Waals surface area (Å²) >= 11 is 1.95. The summed E-state index contributed by atoms with van der Waals surface area (Å²) in [5.74, 6) is 0. The van der Waals surface area contributed by atoms with E-state index in [-0.39, 0.29) is 21.7 Å². The predicted octanol–water partition coefficient (Wildman–Crippen LogP) is 16.4. The van der Waals surface area contributed by atoms with E-state index in [0.29, 0.717) is 0 Å². The molecule has 0 unspecified atom stereocenters. The average molecular weight is 898 g/mol. The lowest BCUT2D eigenvalue weighted by molar-refractivity contribution is 0.332. The molecule has 3 nitrogen and oxygen atoms in total. The fourth-order valence-corrected chi connectivity index (χ4v) is 14.0. The number of aromatic nitrogens is 1. The maximum absolute atomic E-state index is 6.68. The highest BCUT2D eigenvalue weighted by atomic mass is 32.1. The first-order valence-electron chi connectivity index (χ1n) is 24.5. The Morgan fingerprint density at radius 1 is 0.603 bits per heavy atom. The number of fused-ring (bicyclic) bond motifs is 16. The van der Waals surface area contributed by atoms with E-state index in [9.17, 15) is 0 Å². The van der Waals surface area contributed by atoms with E-state index in [2.05, 4.69) is 213 Å². The van der Waals surface area contributed by atoms with Gasteiger partial charge in [-0.05, 0) is 140 Å². The number of nitrogens with zero attached hydrogens (tertiary/aromatic N) is 1. The summed E-state index contributed by atoms with van der Waals surface area (Å²) in [6, 6.07) is 50.8. The number of anilines is 2. The van der Waals surface area contributed by atoms with Crippen molar-refractivity contribution in [3.05, 3.63) is 161 Å². The molecule has 0 fully saturated rings. The van der Waals surface area contributed by atoms with E-state index in [4.69, 9.17) is 4.42 Å². The summed E-state index contributed by atoms with van der Waals surface area (Å²) in [5, 5.41) is 11.7. The molecule has 0 spiro atoms. The molecule has 0 saturated carbocycles. The standard InChI is InChI=1S/C63H54BN2OS/c1-60(2,3)34-22-24-35(25-23-34)65-48-31-44-39(36-16-10-13-19-43(36)63(44,8)9)28-41(48)56-57-58-54(55-38-18-12-15-21-53(38)68-59(55)56)42-29-45-46(62(6,7)27-26-61(45,4)5)32-49(42)66(58)50-30-40-37-17-11-14-20-51(37)67-52(40)33-47(50)64-57/h10-25,28-33,65H,26-27H2,1-9H3. The number of para-hydroxylation sites is 1. The molecule has 1 radical (unpaired) electrons. The number of rotatable bonds is 3. The Kier molecular flexibility index (Phi) is 7.96. The Morgan fingerprint density at radius 2 is 1.31 bits per heavy atom. The first-order chi connectivity index (χ1) is 32.6. The number of furan rings is 1. The molecule has 0 amide bonds. The highest BCUT2D eigenvalue weighted by Crippen LogP contribution is 2.56. The van der Waals surface area contributed by atoms with E-state index in [1.54, 1.807) is 0 Å². The van der Waals surface area contributed by atoms with Gasteiger partial charge in [0.25, 0.3) is 0 Å². The van der Waals surface area contributed by atoms with Gasteiger partial charge in [0, 0.05) is 75.3 Å². The van der Waals surface area contributed by atoms with Gasteiger partial charge in [-0.15, -0.1) is 11.3 Å². The molecule has 68 heavy (non-hydrogen) atoms. The Labute approximate surface area is 403 Å². The molecule has 1 N–H and O–H groups in total. The third kappa shape index (κ3) is 5.43. The number of nitrogens with one attached hydrogen (secondary N) is 1. The zero-order chi connectivity index (χ0) is 46.4. The largest absolute Gasteiger partial charge is 0.456 e. The first kappa shape index (κ1) is 40.5. The van der Waals surface area contributed by atoms with Crippen molar-refractivity contribution in [2.24, 2.45) is 0 Å². The van der Waals surface area contributed by atoms with Gasteiger partial charge in [0.2, 0.25) is 0 Å². The van der Waals surface area contributed by atoms with Gasteiger partial charge in [-0.3, -0.25) is 0 Å². The second-order valence-electron chi connectivity index (χ2n) is 23.0. The molecule has 2 aliphatic carbocycles. The summed E-state index contributed by atoms with van der Waals surface area (Å²) in [4.78, 5) is 0. The van der Waals surface area contributed by atoms with Crippen molar-refractivity contribution in [1.82, 2.24) is 4.57 Å². The molecule has 0 saturated heterocycles. The number of thiophene rings is 1. The zero-order valence-corrected chi connectivity index (χ0v) is 41.3. The molecule has 8 aromatic carbocycles. The molecule has 5 heteroatoms. The lowest BCUT2D eigenvalue weighted by Gasteiger charge is -2.42. The maximum atomic E-state index is 6.68. The van der Waals surface area contributed by atoms with Gasteiger partial charge in [-0.1, -0.05) is 141 Å². The summed E-state index contributed by atoms with van der Waals surface area (Å²) in [6.45, 7) is 21.5. The molecular weight excluding hydrogens is 844 g/mol. The van der Waals surface area contributed by atoms with Gasteiger partial charge < -0.3 is 14.3 Å². The molecular formula is C63H54BN2OS. The van der Waals surface area contributed by atoms with Crippen LogP contribution < -0.4 is 16.2 Å². The average Bonchev–Trinajstić information content (AvgIpc) is 4.04. The van der Waals surface area contributed by atoms with Crippen LogP contribution in [0.2, 0.25) is 0 Å². The lowest BCUT2D eigenvalue weighted by Crippen LogP contribution is -2.37. The maximum Gasteiger partial charge on any atom is 0.198 e. The molecule has 11 aromatic rings. The normalized spacial score (nSPS) is 16.4. The van der Waals surface area contributed by atoms with Gasteiger partial charge in [-0.25, -0.2) is 0 Å². The van der Waals surface area contributed by atoms with Crippen molar-refractivity contribution >= 4 is 105 Å². The van der Waals surface area contributed by atoms with Crippen molar-refractivity contribution < 1.29 is 4.42 Å². The Bertz CT molecular complexity index is 4030. The zero-order valence-electron chi connectivity index (χ0n) is 40.5. The van der Waals surface area contributed by atoms with Crippen LogP contribution in [0.25, 0.3) is 91.9 Å². The van der Waals surface area contributed by atoms with Crippen molar-refractivity contribution in [3.63, 3.8) is 0 Å². The summed E-state index contributed by atoms with van der Waals surface area (Å²) < 4.78 is 12.0. The second kappa shape index (κ2) is 13.4. The molecule has 14 rings (SSSR count). The summed E-state index contributed by atoms with van der Waals surface area (Å²) in [6.07, 6.45) is 2.32. The third-order valence-electron chi connectivity index (χ3n) is 16.6. The SMILES string of the molecule is CC(C)(C)c1ccc(Nc2cc3c(cc2-c2c4c5c(c6cc7c(cc6n5-c5cc6c(cc5[B]4)oc4ccccc46)C(C)(C)CCC7(C)C)c4c2sc2ccccc24)-c2ccccc2C3(C)C)cc1. The summed E-state index contributed by atoms with van der Waals surface area (Å²) in [5.41, 5.74) is 22.4. The predicted molar refractivity (Wildman–Crippen MR) is 293 cm³/mol. The van der Waals surface area contributed by atoms with E-state index in [1.165, 1.54) is 115 Å². The minimum atomic E-state index is -0.168. The highest BCUT2D eigenvalue weighted by molar-refractivity contribution is 7.26. The number of hydrogen-bond acceptors (Lipinski definition) is 3. The fraction of sp³-hybridized carbons (Fsp3) is 0.238. The van der Waals surface area contributed by atoms with Crippen LogP contribution in [0, 0.1) is 0 Å². The van der Waals surface area contributed by atoms with E-state index < -0.39 is 0 Å². The van der Waals surface area contributed by atoms with Gasteiger partial charge in [0.1, 0.15) is 11.2 Å². The summed E-state index contributed by atoms with van der Waals surface area (Å²) in [7, 11) is 2.50. The van der Waals surface area contributed by atoms with Crippen molar-refractivity contribution in [2.75, 3.05) is 5.32 Å². The Balaban J connectivity index is 1.17. The minimum Gasteiger partial charge on any atom is -0.456 e. The molecule has 331 valence electrons. The Morgan fingerprint density at radius 3 is 2.09 bits per heavy atom. The van der Waals surface area contributed by atoms with Crippen LogP contribution >= 0.6 is 11.3 Å². The Hall–Kier alpha value is -6.56. The molecule has 0 bridgehead atoms. The third-order valence-corrected chi connectivity index (χ3v) is 17.8. The van der Waals surface area contributed by atoms with Gasteiger partial charge in [-0.2, -0.15) is 0 Å². The van der Waals surface area contributed by atoms with Crippen LogP contribution in [0.1, 0.15) is 103 Å². The minimum absolute atomic E-state index is 0.0443. The molecule has 3 aliphatic rings. The van der Waals surface area contributed by atoms with Crippen LogP contribution in [0.4, 0.5) is 11.4 Å². The van der Waals surface area contributed by atoms with Gasteiger partial charge in [0.15, 0.2) is 7.28 Å². The second-order valence-corrected chi connectivity index (χ2v) is 24.1. The van der Waals surface area contributed by atoms with Crippen molar-refractivity contribution in [1.29, 1.82) is 0 Å². The van der Waals surface area contributed by atoms with Crippen LogP contribution in [0.15, 0.2) is 138 Å². The fourth-order valence-electron chi connectivity index (χ4n) is 12.7. The van der Waals surface area contributed by atoms with E-state index >= 15 is 0 Å². The lowest BCUT2D eigenvalue weighted by atomic mass is 9.58. The van der Waals surface area contributed by atoms with Gasteiger partial charge in [0.05, 0.1) is 5.52 Å². The molecule has 3 aromatic heterocycles. The van der Waals surface area contributed by atoms with Gasteiger partial charge >= 0.3 is 0 Å². The monoisotopic (exact) mass is 897 g/mol. The van der Waals surface area contributed by atoms with Crippen molar-refractivity contribution in [2.45, 2.75) is 96.8 Å². The number of hydrogen-bond donors (Lipinski definition) is 1. The van der Waals surface area contributed by atoms with Crippen molar-refractivity contribution in [3.8, 4) is 27.9 Å². The van der Waals surface area contributed by atoms with Crippen LogP contribution in [0.3, 0.4) is 0 Å². The smallest absolute Gasteiger partial charge is 0.198 e. The highest BCUT2D eigenvalue weighted by Gasteiger charge is 2.41. The topological polar surface area (TPSA) is 30.1 Å². The quantitative estimate of drug-likeness (QED) is 0.179. The molecule has 0 atom stereocenters. The molecule has 1 aliphatic heterocycles. The number of benzene rings is 8.